The molecule has 0 amide bonds. The van der Waals surface area contributed by atoms with Crippen molar-refractivity contribution in [2.45, 2.75) is 0 Å². The summed E-state index contributed by atoms with van der Waals surface area (Å²) in [5, 5.41) is 10.0. The normalized spacial score (nSPS) is 11.6. The predicted molar refractivity (Wildman–Crippen MR) is 86.3 cm³/mol. The van der Waals surface area contributed by atoms with E-state index in [1.54, 1.807) is 24.3 Å². The first-order valence-electron chi connectivity index (χ1n) is 6.37. The van der Waals surface area contributed by atoms with Gasteiger partial charge in [0.1, 0.15) is 11.6 Å². The average molecular weight is 374 g/mol. The molecular weight excluding hydrogens is 364 g/mol. The molecule has 0 bridgehead atoms. The Balaban J connectivity index is 2.27. The Morgan fingerprint density at radius 2 is 1.75 bits per heavy atom. The number of halogens is 3. The van der Waals surface area contributed by atoms with Gasteiger partial charge in [-0.25, -0.2) is 22.0 Å². The van der Waals surface area contributed by atoms with Crippen molar-refractivity contribution in [2.24, 2.45) is 0 Å². The van der Waals surface area contributed by atoms with Gasteiger partial charge >= 0.3 is 5.97 Å². The minimum Gasteiger partial charge on any atom is -0.478 e. The van der Waals surface area contributed by atoms with Crippen molar-refractivity contribution in [3.63, 3.8) is 0 Å². The zero-order valence-electron chi connectivity index (χ0n) is 11.8. The van der Waals surface area contributed by atoms with Gasteiger partial charge in [0.25, 0.3) is 10.0 Å². The van der Waals surface area contributed by atoms with E-state index in [4.69, 9.17) is 16.7 Å². The number of carboxylic acids is 1. The van der Waals surface area contributed by atoms with Crippen molar-refractivity contribution in [1.29, 1.82) is 0 Å². The molecule has 126 valence electrons. The second-order valence-electron chi connectivity index (χ2n) is 4.62. The molecule has 0 atom stereocenters. The van der Waals surface area contributed by atoms with Crippen molar-refractivity contribution in [3.05, 3.63) is 69.6 Å². The maximum Gasteiger partial charge on any atom is 0.338 e. The van der Waals surface area contributed by atoms with E-state index in [0.29, 0.717) is 22.7 Å². The molecule has 0 aliphatic heterocycles. The van der Waals surface area contributed by atoms with Crippen LogP contribution in [-0.2, 0) is 10.0 Å². The SMILES string of the molecule is O=C(O)c1cc(NS(=O)(=O)C=Cc2ccc(Cl)cc2)c(F)cc1F. The van der Waals surface area contributed by atoms with Crippen molar-refractivity contribution in [1.82, 2.24) is 0 Å². The fourth-order valence-corrected chi connectivity index (χ4v) is 2.71. The number of nitrogens with one attached hydrogen (secondary N) is 1. The number of hydrogen-bond donors (Lipinski definition) is 2. The smallest absolute Gasteiger partial charge is 0.338 e. The summed E-state index contributed by atoms with van der Waals surface area (Å²) in [6.45, 7) is 0. The highest BCUT2D eigenvalue weighted by molar-refractivity contribution is 7.95. The molecule has 0 aliphatic rings. The number of benzene rings is 2. The minimum atomic E-state index is -4.14. The average Bonchev–Trinajstić information content (AvgIpc) is 2.49. The van der Waals surface area contributed by atoms with E-state index in [9.17, 15) is 22.0 Å². The predicted octanol–water partition coefficient (Wildman–Crippen LogP) is 3.73. The summed E-state index contributed by atoms with van der Waals surface area (Å²) in [6, 6.07) is 7.11. The van der Waals surface area contributed by atoms with E-state index in [1.807, 2.05) is 4.72 Å². The Kier molecular flexibility index (Phi) is 5.20. The first-order valence-corrected chi connectivity index (χ1v) is 8.29. The molecule has 0 radical (unpaired) electrons. The summed E-state index contributed by atoms with van der Waals surface area (Å²) in [4.78, 5) is 10.8. The van der Waals surface area contributed by atoms with Gasteiger partial charge < -0.3 is 5.11 Å². The molecule has 2 N–H and O–H groups in total. The van der Waals surface area contributed by atoms with Gasteiger partial charge in [-0.15, -0.1) is 0 Å². The number of rotatable bonds is 5. The van der Waals surface area contributed by atoms with Crippen LogP contribution < -0.4 is 4.72 Å². The fraction of sp³-hybridized carbons (Fsp3) is 0. The van der Waals surface area contributed by atoms with E-state index in [0.717, 1.165) is 5.41 Å². The quantitative estimate of drug-likeness (QED) is 0.836. The molecule has 0 aliphatic carbocycles. The number of carboxylic acid groups (broad SMARTS) is 1. The standard InChI is InChI=1S/C15H10ClF2NO4S/c16-10-3-1-9(2-4-10)5-6-24(22,23)19-14-7-11(15(20)21)12(17)8-13(14)18/h1-8,19H,(H,20,21). The molecule has 0 saturated heterocycles. The molecule has 2 rings (SSSR count). The summed E-state index contributed by atoms with van der Waals surface area (Å²) >= 11 is 5.70. The zero-order valence-corrected chi connectivity index (χ0v) is 13.4. The topological polar surface area (TPSA) is 83.5 Å². The van der Waals surface area contributed by atoms with Gasteiger partial charge in [-0.05, 0) is 29.8 Å². The van der Waals surface area contributed by atoms with Gasteiger partial charge in [0.05, 0.1) is 16.7 Å². The summed E-state index contributed by atoms with van der Waals surface area (Å²) in [5.41, 5.74) is -0.999. The molecule has 0 spiro atoms. The summed E-state index contributed by atoms with van der Waals surface area (Å²) in [6.07, 6.45) is 1.23. The Morgan fingerprint density at radius 1 is 1.12 bits per heavy atom. The Labute approximate surface area is 141 Å². The maximum absolute atomic E-state index is 13.6. The monoisotopic (exact) mass is 373 g/mol. The van der Waals surface area contributed by atoms with Gasteiger partial charge in [-0.2, -0.15) is 0 Å². The molecular formula is C15H10ClF2NO4S. The van der Waals surface area contributed by atoms with Crippen LogP contribution in [0.2, 0.25) is 5.02 Å². The van der Waals surface area contributed by atoms with Crippen LogP contribution in [0.1, 0.15) is 15.9 Å². The second-order valence-corrected chi connectivity index (χ2v) is 6.62. The number of sulfonamides is 1. The highest BCUT2D eigenvalue weighted by Crippen LogP contribution is 2.21. The molecule has 24 heavy (non-hydrogen) atoms. The minimum absolute atomic E-state index is 0.296. The van der Waals surface area contributed by atoms with Crippen LogP contribution in [0, 0.1) is 11.6 Å². The number of carbonyl (C=O) groups is 1. The van der Waals surface area contributed by atoms with Crippen molar-refractivity contribution >= 4 is 39.4 Å². The van der Waals surface area contributed by atoms with E-state index in [1.165, 1.54) is 6.08 Å². The Morgan fingerprint density at radius 3 is 2.33 bits per heavy atom. The molecule has 0 fully saturated rings. The Hall–Kier alpha value is -2.45. The number of aromatic carboxylic acids is 1. The number of anilines is 1. The van der Waals surface area contributed by atoms with Crippen molar-refractivity contribution in [2.75, 3.05) is 4.72 Å². The molecule has 0 heterocycles. The maximum atomic E-state index is 13.6. The van der Waals surface area contributed by atoms with Crippen LogP contribution in [0.5, 0.6) is 0 Å². The van der Waals surface area contributed by atoms with E-state index < -0.39 is 38.9 Å². The van der Waals surface area contributed by atoms with Gasteiger partial charge in [-0.1, -0.05) is 23.7 Å². The molecule has 5 nitrogen and oxygen atoms in total. The van der Waals surface area contributed by atoms with E-state index in [-0.39, 0.29) is 0 Å². The number of hydrogen-bond acceptors (Lipinski definition) is 3. The summed E-state index contributed by atoms with van der Waals surface area (Å²) in [7, 11) is -4.14. The largest absolute Gasteiger partial charge is 0.478 e. The van der Waals surface area contributed by atoms with Crippen LogP contribution in [0.25, 0.3) is 6.08 Å². The molecule has 0 unspecified atom stereocenters. The summed E-state index contributed by atoms with van der Waals surface area (Å²) < 4.78 is 52.6. The molecule has 2 aromatic carbocycles. The van der Waals surface area contributed by atoms with Gasteiger partial charge in [0, 0.05) is 11.1 Å². The van der Waals surface area contributed by atoms with Crippen LogP contribution in [0.15, 0.2) is 41.8 Å². The molecule has 0 aromatic heterocycles. The lowest BCUT2D eigenvalue weighted by Crippen LogP contribution is -2.12. The van der Waals surface area contributed by atoms with Crippen LogP contribution in [-0.4, -0.2) is 19.5 Å². The molecule has 9 heteroatoms. The molecule has 2 aromatic rings. The van der Waals surface area contributed by atoms with Gasteiger partial charge in [-0.3, -0.25) is 4.72 Å². The second kappa shape index (κ2) is 6.98. The third-order valence-corrected chi connectivity index (χ3v) is 4.10. The summed E-state index contributed by atoms with van der Waals surface area (Å²) in [5.74, 6) is -4.19. The Bertz CT molecular complexity index is 912. The lowest BCUT2D eigenvalue weighted by atomic mass is 10.2. The lowest BCUT2D eigenvalue weighted by molar-refractivity contribution is 0.0692. The zero-order chi connectivity index (χ0) is 17.9. The highest BCUT2D eigenvalue weighted by atomic mass is 35.5. The van der Waals surface area contributed by atoms with Crippen LogP contribution in [0.4, 0.5) is 14.5 Å². The van der Waals surface area contributed by atoms with Crippen molar-refractivity contribution in [3.8, 4) is 0 Å². The van der Waals surface area contributed by atoms with Crippen LogP contribution >= 0.6 is 11.6 Å². The third-order valence-electron chi connectivity index (χ3n) is 2.85. The first-order chi connectivity index (χ1) is 11.2. The van der Waals surface area contributed by atoms with E-state index in [2.05, 4.69) is 0 Å². The molecule has 0 saturated carbocycles. The first kappa shape index (κ1) is 17.9. The van der Waals surface area contributed by atoms with Gasteiger partial charge in [0.15, 0.2) is 0 Å². The van der Waals surface area contributed by atoms with Gasteiger partial charge in [0.2, 0.25) is 0 Å². The fourth-order valence-electron chi connectivity index (χ4n) is 1.72. The third kappa shape index (κ3) is 4.53. The van der Waals surface area contributed by atoms with E-state index >= 15 is 0 Å². The van der Waals surface area contributed by atoms with Crippen molar-refractivity contribution < 1.29 is 27.1 Å². The van der Waals surface area contributed by atoms with Crippen LogP contribution in [0.3, 0.4) is 0 Å². The lowest BCUT2D eigenvalue weighted by Gasteiger charge is -2.07. The highest BCUT2D eigenvalue weighted by Gasteiger charge is 2.17.